The number of unbranched alkanes of at least 4 members (excludes halogenated alkanes) is 1. The normalized spacial score (nSPS) is 14.4. The van der Waals surface area contributed by atoms with Gasteiger partial charge in [-0.25, -0.2) is 9.78 Å². The molecule has 0 aliphatic rings. The molecule has 0 bridgehead atoms. The number of nitrogens with two attached hydrogens (primary N) is 2. The first-order valence-electron chi connectivity index (χ1n) is 11.7. The molecule has 10 N–H and O–H groups in total. The second-order valence-electron chi connectivity index (χ2n) is 8.92. The lowest BCUT2D eigenvalue weighted by atomic mass is 10.0. The third-order valence-electron chi connectivity index (χ3n) is 5.25. The highest BCUT2D eigenvalue weighted by molar-refractivity contribution is 5.94. The number of aliphatic carboxylic acids is 2. The standard InChI is InChI=1S/C22H37N7O7/c1-12(2)7-14(24)19(32)28-16(8-13-10-25-11-26-13)21(34)27-15(5-3-4-6-23)20(33)29-17(22(35)36)9-18(30)31/h10-12,14-17H,3-9,23-24H2,1-2H3,(H,25,26)(H,27,34)(H,28,32)(H,29,33)(H,30,31)(H,35,36). The Bertz CT molecular complexity index is 876. The molecule has 202 valence electrons. The van der Waals surface area contributed by atoms with E-state index in [1.54, 1.807) is 0 Å². The van der Waals surface area contributed by atoms with Crippen molar-refractivity contribution in [3.8, 4) is 0 Å². The number of nitrogens with zero attached hydrogens (tertiary/aromatic N) is 1. The summed E-state index contributed by atoms with van der Waals surface area (Å²) in [5, 5.41) is 25.5. The van der Waals surface area contributed by atoms with Crippen molar-refractivity contribution >= 4 is 29.7 Å². The highest BCUT2D eigenvalue weighted by Gasteiger charge is 2.31. The van der Waals surface area contributed by atoms with E-state index in [2.05, 4.69) is 25.9 Å². The van der Waals surface area contributed by atoms with Gasteiger partial charge >= 0.3 is 11.9 Å². The summed E-state index contributed by atoms with van der Waals surface area (Å²) < 4.78 is 0. The molecule has 0 aromatic carbocycles. The highest BCUT2D eigenvalue weighted by Crippen LogP contribution is 2.07. The van der Waals surface area contributed by atoms with E-state index in [1.165, 1.54) is 12.5 Å². The number of rotatable bonds is 17. The number of H-pyrrole nitrogens is 1. The molecule has 0 aliphatic carbocycles. The van der Waals surface area contributed by atoms with Crippen LogP contribution in [-0.2, 0) is 30.4 Å². The summed E-state index contributed by atoms with van der Waals surface area (Å²) in [5.74, 6) is -4.90. The number of nitrogens with one attached hydrogen (secondary N) is 4. The van der Waals surface area contributed by atoms with Crippen LogP contribution in [0, 0.1) is 5.92 Å². The zero-order valence-electron chi connectivity index (χ0n) is 20.5. The first-order chi connectivity index (χ1) is 16.9. The molecule has 1 heterocycles. The summed E-state index contributed by atoms with van der Waals surface area (Å²) in [6.45, 7) is 4.15. The predicted molar refractivity (Wildman–Crippen MR) is 128 cm³/mol. The number of amides is 3. The van der Waals surface area contributed by atoms with E-state index in [1.807, 2.05) is 13.8 Å². The predicted octanol–water partition coefficient (Wildman–Crippen LogP) is -1.53. The minimum atomic E-state index is -1.68. The van der Waals surface area contributed by atoms with Crippen molar-refractivity contribution in [3.05, 3.63) is 18.2 Å². The molecule has 0 saturated carbocycles. The van der Waals surface area contributed by atoms with Gasteiger partial charge in [-0.1, -0.05) is 13.8 Å². The van der Waals surface area contributed by atoms with Crippen LogP contribution in [0.25, 0.3) is 0 Å². The quantitative estimate of drug-likeness (QED) is 0.112. The van der Waals surface area contributed by atoms with Crippen molar-refractivity contribution in [1.29, 1.82) is 0 Å². The summed E-state index contributed by atoms with van der Waals surface area (Å²) in [5.41, 5.74) is 12.0. The van der Waals surface area contributed by atoms with Gasteiger partial charge in [-0.2, -0.15) is 0 Å². The van der Waals surface area contributed by atoms with Crippen molar-refractivity contribution < 1.29 is 34.2 Å². The molecule has 1 aromatic rings. The Kier molecular flexibility index (Phi) is 13.1. The second kappa shape index (κ2) is 15.5. The number of hydrogen-bond donors (Lipinski definition) is 8. The van der Waals surface area contributed by atoms with Crippen molar-refractivity contribution in [1.82, 2.24) is 25.9 Å². The van der Waals surface area contributed by atoms with Crippen LogP contribution in [-0.4, -0.2) is 80.6 Å². The Labute approximate surface area is 209 Å². The van der Waals surface area contributed by atoms with E-state index in [9.17, 15) is 29.1 Å². The average molecular weight is 512 g/mol. The molecule has 0 radical (unpaired) electrons. The maximum atomic E-state index is 13.2. The highest BCUT2D eigenvalue weighted by atomic mass is 16.4. The van der Waals surface area contributed by atoms with Gasteiger partial charge < -0.3 is 42.6 Å². The molecule has 14 nitrogen and oxygen atoms in total. The van der Waals surface area contributed by atoms with Gasteiger partial charge in [0.25, 0.3) is 0 Å². The Morgan fingerprint density at radius 1 is 0.972 bits per heavy atom. The Morgan fingerprint density at radius 3 is 2.11 bits per heavy atom. The van der Waals surface area contributed by atoms with Crippen LogP contribution < -0.4 is 27.4 Å². The zero-order chi connectivity index (χ0) is 27.3. The number of carboxylic acids is 2. The fourth-order valence-corrected chi connectivity index (χ4v) is 3.40. The Balaban J connectivity index is 3.05. The maximum Gasteiger partial charge on any atom is 0.326 e. The number of carbonyl (C=O) groups excluding carboxylic acids is 3. The summed E-state index contributed by atoms with van der Waals surface area (Å²) in [7, 11) is 0. The topological polar surface area (TPSA) is 243 Å². The molecule has 1 rings (SSSR count). The Morgan fingerprint density at radius 2 is 1.58 bits per heavy atom. The van der Waals surface area contributed by atoms with E-state index in [4.69, 9.17) is 16.6 Å². The fourth-order valence-electron chi connectivity index (χ4n) is 3.40. The molecule has 4 atom stereocenters. The monoisotopic (exact) mass is 511 g/mol. The van der Waals surface area contributed by atoms with Gasteiger partial charge in [0.05, 0.1) is 18.8 Å². The second-order valence-corrected chi connectivity index (χ2v) is 8.92. The molecule has 14 heteroatoms. The average Bonchev–Trinajstić information content (AvgIpc) is 3.29. The summed E-state index contributed by atoms with van der Waals surface area (Å²) in [4.78, 5) is 67.7. The maximum absolute atomic E-state index is 13.2. The molecule has 0 aliphatic heterocycles. The van der Waals surface area contributed by atoms with Crippen LogP contribution >= 0.6 is 0 Å². The Hall–Kier alpha value is -3.52. The van der Waals surface area contributed by atoms with Gasteiger partial charge in [-0.15, -0.1) is 0 Å². The smallest absolute Gasteiger partial charge is 0.326 e. The van der Waals surface area contributed by atoms with E-state index in [0.717, 1.165) is 0 Å². The van der Waals surface area contributed by atoms with Crippen LogP contribution in [0.5, 0.6) is 0 Å². The van der Waals surface area contributed by atoms with Gasteiger partial charge in [0.15, 0.2) is 0 Å². The number of carboxylic acid groups (broad SMARTS) is 2. The summed E-state index contributed by atoms with van der Waals surface area (Å²) >= 11 is 0. The van der Waals surface area contributed by atoms with E-state index in [-0.39, 0.29) is 18.8 Å². The fraction of sp³-hybridized carbons (Fsp3) is 0.636. The molecule has 36 heavy (non-hydrogen) atoms. The lowest BCUT2D eigenvalue weighted by Crippen LogP contribution is -2.57. The van der Waals surface area contributed by atoms with Crippen molar-refractivity contribution in [2.45, 2.75) is 76.5 Å². The molecule has 0 fully saturated rings. The largest absolute Gasteiger partial charge is 0.481 e. The first-order valence-corrected chi connectivity index (χ1v) is 11.7. The third-order valence-corrected chi connectivity index (χ3v) is 5.25. The van der Waals surface area contributed by atoms with Crippen LogP contribution in [0.3, 0.4) is 0 Å². The van der Waals surface area contributed by atoms with Gasteiger partial charge in [0.2, 0.25) is 17.7 Å². The summed E-state index contributed by atoms with van der Waals surface area (Å²) in [6.07, 6.45) is 3.57. The molecule has 0 spiro atoms. The lowest BCUT2D eigenvalue weighted by molar-refractivity contribution is -0.147. The number of carbonyl (C=O) groups is 5. The molecule has 0 saturated heterocycles. The molecule has 3 amide bonds. The molecule has 1 aromatic heterocycles. The number of imidazole rings is 1. The van der Waals surface area contributed by atoms with Crippen molar-refractivity contribution in [3.63, 3.8) is 0 Å². The van der Waals surface area contributed by atoms with Crippen molar-refractivity contribution in [2.24, 2.45) is 17.4 Å². The van der Waals surface area contributed by atoms with Crippen LogP contribution in [0.1, 0.15) is 51.6 Å². The van der Waals surface area contributed by atoms with E-state index in [0.29, 0.717) is 31.5 Å². The van der Waals surface area contributed by atoms with Crippen LogP contribution in [0.4, 0.5) is 0 Å². The minimum Gasteiger partial charge on any atom is -0.481 e. The molecule has 4 unspecified atom stereocenters. The van der Waals surface area contributed by atoms with Crippen LogP contribution in [0.2, 0.25) is 0 Å². The SMILES string of the molecule is CC(C)CC(N)C(=O)NC(Cc1cnc[nH]1)C(=O)NC(CCCCN)C(=O)NC(CC(=O)O)C(=O)O. The number of aromatic nitrogens is 2. The molecular weight excluding hydrogens is 474 g/mol. The van der Waals surface area contributed by atoms with Gasteiger partial charge in [0, 0.05) is 18.3 Å². The van der Waals surface area contributed by atoms with E-state index >= 15 is 0 Å². The van der Waals surface area contributed by atoms with Gasteiger partial charge in [-0.05, 0) is 38.1 Å². The minimum absolute atomic E-state index is 0.0277. The van der Waals surface area contributed by atoms with Gasteiger partial charge in [-0.3, -0.25) is 19.2 Å². The van der Waals surface area contributed by atoms with Gasteiger partial charge in [0.1, 0.15) is 18.1 Å². The lowest BCUT2D eigenvalue weighted by Gasteiger charge is -2.25. The molecular formula is C22H37N7O7. The van der Waals surface area contributed by atoms with Crippen molar-refractivity contribution in [2.75, 3.05) is 6.54 Å². The summed E-state index contributed by atoms with van der Waals surface area (Å²) in [6, 6.07) is -4.84. The zero-order valence-corrected chi connectivity index (χ0v) is 20.5. The number of aromatic amines is 1. The van der Waals surface area contributed by atoms with Crippen LogP contribution in [0.15, 0.2) is 12.5 Å². The van der Waals surface area contributed by atoms with E-state index < -0.39 is 60.2 Å². The number of hydrogen-bond acceptors (Lipinski definition) is 8. The first kappa shape index (κ1) is 30.5. The third kappa shape index (κ3) is 11.3.